The van der Waals surface area contributed by atoms with E-state index in [1.807, 2.05) is 0 Å². The van der Waals surface area contributed by atoms with Crippen molar-refractivity contribution in [2.45, 2.75) is 58.3 Å². The monoisotopic (exact) mass is 184 g/mol. The molecule has 0 aromatic carbocycles. The van der Waals surface area contributed by atoms with E-state index in [1.165, 1.54) is 44.9 Å². The lowest BCUT2D eigenvalue weighted by molar-refractivity contribution is 0.142. The predicted octanol–water partition coefficient (Wildman–Crippen LogP) is 3.64. The maximum atomic E-state index is 4.83. The molecule has 0 saturated heterocycles. The van der Waals surface area contributed by atoms with Crippen LogP contribution in [0.1, 0.15) is 58.3 Å². The third-order valence-electron chi connectivity index (χ3n) is 2.16. The number of rotatable bonds is 10. The minimum absolute atomic E-state index is 0.672. The van der Waals surface area contributed by atoms with Crippen molar-refractivity contribution >= 4 is 6.72 Å². The van der Waals surface area contributed by atoms with Crippen LogP contribution in [0, 0.1) is 0 Å². The van der Waals surface area contributed by atoms with Crippen LogP contribution in [0.15, 0.2) is 5.16 Å². The van der Waals surface area contributed by atoms with Gasteiger partial charge in [-0.25, -0.2) is 0 Å². The highest BCUT2D eigenvalue weighted by molar-refractivity contribution is 5.21. The van der Waals surface area contributed by atoms with Crippen LogP contribution in [-0.4, -0.2) is 13.3 Å². The average Bonchev–Trinajstić information content (AvgIpc) is 2.16. The van der Waals surface area contributed by atoms with E-state index in [9.17, 15) is 0 Å². The topological polar surface area (TPSA) is 21.6 Å². The Labute approximate surface area is 82.4 Å². The van der Waals surface area contributed by atoms with Crippen LogP contribution >= 0.6 is 0 Å². The molecule has 0 heterocycles. The van der Waals surface area contributed by atoms with E-state index in [0.717, 1.165) is 6.42 Å². The van der Waals surface area contributed by atoms with E-state index >= 15 is 0 Å². The van der Waals surface area contributed by atoms with Gasteiger partial charge in [-0.05, 0) is 12.8 Å². The van der Waals surface area contributed by atoms with Crippen LogP contribution in [0.4, 0.5) is 0 Å². The minimum Gasteiger partial charge on any atom is -0.396 e. The van der Waals surface area contributed by atoms with Crippen LogP contribution in [0.5, 0.6) is 0 Å². The highest BCUT2D eigenvalue weighted by Gasteiger charge is 1.91. The molecule has 0 aliphatic carbocycles. The van der Waals surface area contributed by atoms with E-state index in [-0.39, 0.29) is 0 Å². The SMILES string of the molecule is [CH]=NOCCCCCCCCCC. The lowest BCUT2D eigenvalue weighted by Gasteiger charge is -2.00. The molecule has 0 aromatic rings. The van der Waals surface area contributed by atoms with Gasteiger partial charge in [0.05, 0.1) is 6.72 Å². The normalized spacial score (nSPS) is 9.92. The predicted molar refractivity (Wildman–Crippen MR) is 57.1 cm³/mol. The van der Waals surface area contributed by atoms with Gasteiger partial charge in [0.2, 0.25) is 0 Å². The first-order valence-corrected chi connectivity index (χ1v) is 5.44. The molecule has 0 bridgehead atoms. The smallest absolute Gasteiger partial charge is 0.117 e. The van der Waals surface area contributed by atoms with Gasteiger partial charge >= 0.3 is 0 Å². The summed E-state index contributed by atoms with van der Waals surface area (Å²) in [4.78, 5) is 4.68. The van der Waals surface area contributed by atoms with Gasteiger partial charge in [0.1, 0.15) is 6.61 Å². The summed E-state index contributed by atoms with van der Waals surface area (Å²) in [6, 6.07) is 0. The Morgan fingerprint density at radius 1 is 0.923 bits per heavy atom. The molecule has 1 radical (unpaired) electrons. The molecular formula is C11H22NO. The molecule has 77 valence electrons. The summed E-state index contributed by atoms with van der Waals surface area (Å²) >= 11 is 0. The Balaban J connectivity index is 2.79. The Morgan fingerprint density at radius 2 is 1.46 bits per heavy atom. The summed E-state index contributed by atoms with van der Waals surface area (Å²) in [5, 5.41) is 3.09. The van der Waals surface area contributed by atoms with Crippen molar-refractivity contribution in [2.75, 3.05) is 6.61 Å². The highest BCUT2D eigenvalue weighted by atomic mass is 16.6. The molecule has 0 amide bonds. The maximum absolute atomic E-state index is 4.83. The van der Waals surface area contributed by atoms with E-state index in [2.05, 4.69) is 16.9 Å². The van der Waals surface area contributed by atoms with Crippen LogP contribution in [0.3, 0.4) is 0 Å². The van der Waals surface area contributed by atoms with Gasteiger partial charge in [-0.1, -0.05) is 50.6 Å². The first-order chi connectivity index (χ1) is 6.41. The van der Waals surface area contributed by atoms with Crippen molar-refractivity contribution < 1.29 is 4.84 Å². The molecule has 0 spiro atoms. The average molecular weight is 184 g/mol. The zero-order valence-corrected chi connectivity index (χ0v) is 8.80. The Kier molecular flexibility index (Phi) is 11.0. The fourth-order valence-corrected chi connectivity index (χ4v) is 1.35. The Hall–Kier alpha value is -0.530. The third-order valence-corrected chi connectivity index (χ3v) is 2.16. The molecule has 0 rings (SSSR count). The summed E-state index contributed by atoms with van der Waals surface area (Å²) in [6.07, 6.45) is 10.5. The fraction of sp³-hybridized carbons (Fsp3) is 0.909. The van der Waals surface area contributed by atoms with Gasteiger partial charge in [-0.3, -0.25) is 0 Å². The summed E-state index contributed by atoms with van der Waals surface area (Å²) in [5.74, 6) is 0. The molecule has 0 atom stereocenters. The van der Waals surface area contributed by atoms with E-state index in [1.54, 1.807) is 0 Å². The summed E-state index contributed by atoms with van der Waals surface area (Å²) in [7, 11) is 0. The number of unbranched alkanes of at least 4 members (excludes halogenated alkanes) is 7. The Bertz CT molecular complexity index is 104. The van der Waals surface area contributed by atoms with Crippen molar-refractivity contribution in [3.8, 4) is 0 Å². The largest absolute Gasteiger partial charge is 0.396 e. The van der Waals surface area contributed by atoms with Gasteiger partial charge < -0.3 is 4.84 Å². The Morgan fingerprint density at radius 3 is 2.00 bits per heavy atom. The van der Waals surface area contributed by atoms with Crippen molar-refractivity contribution in [2.24, 2.45) is 5.16 Å². The molecule has 0 aliphatic rings. The maximum Gasteiger partial charge on any atom is 0.117 e. The lowest BCUT2D eigenvalue weighted by atomic mass is 10.1. The summed E-state index contributed by atoms with van der Waals surface area (Å²) in [5.41, 5.74) is 0. The second kappa shape index (κ2) is 11.5. The number of hydrogen-bond donors (Lipinski definition) is 0. The van der Waals surface area contributed by atoms with Gasteiger partial charge in [-0.2, -0.15) is 0 Å². The molecule has 0 unspecified atom stereocenters. The molecule has 0 N–H and O–H groups in total. The second-order valence-corrected chi connectivity index (χ2v) is 3.41. The van der Waals surface area contributed by atoms with Crippen LogP contribution in [0.25, 0.3) is 0 Å². The zero-order chi connectivity index (χ0) is 9.78. The molecule has 0 saturated carbocycles. The second-order valence-electron chi connectivity index (χ2n) is 3.41. The molecule has 13 heavy (non-hydrogen) atoms. The van der Waals surface area contributed by atoms with Crippen LogP contribution < -0.4 is 0 Å². The first kappa shape index (κ1) is 12.5. The first-order valence-electron chi connectivity index (χ1n) is 5.44. The van der Waals surface area contributed by atoms with Crippen molar-refractivity contribution in [3.05, 3.63) is 0 Å². The molecule has 2 heteroatoms. The number of hydrogen-bond acceptors (Lipinski definition) is 2. The van der Waals surface area contributed by atoms with Gasteiger partial charge in [0, 0.05) is 0 Å². The number of nitrogens with zero attached hydrogens (tertiary/aromatic N) is 1. The fourth-order valence-electron chi connectivity index (χ4n) is 1.35. The molecule has 0 fully saturated rings. The standard InChI is InChI=1S/C11H22NO/c1-3-4-5-6-7-8-9-10-11-13-12-2/h2H,3-11H2,1H3. The molecule has 0 aliphatic heterocycles. The van der Waals surface area contributed by atoms with Crippen molar-refractivity contribution in [3.63, 3.8) is 0 Å². The van der Waals surface area contributed by atoms with Crippen molar-refractivity contribution in [1.29, 1.82) is 0 Å². The quantitative estimate of drug-likeness (QED) is 0.288. The van der Waals surface area contributed by atoms with Gasteiger partial charge in [0.15, 0.2) is 0 Å². The van der Waals surface area contributed by atoms with Crippen LogP contribution in [-0.2, 0) is 4.84 Å². The van der Waals surface area contributed by atoms with Gasteiger partial charge in [0.25, 0.3) is 0 Å². The van der Waals surface area contributed by atoms with E-state index < -0.39 is 0 Å². The summed E-state index contributed by atoms with van der Waals surface area (Å²) < 4.78 is 0. The highest BCUT2D eigenvalue weighted by Crippen LogP contribution is 2.08. The lowest BCUT2D eigenvalue weighted by Crippen LogP contribution is -1.87. The summed E-state index contributed by atoms with van der Waals surface area (Å²) in [6.45, 7) is 7.74. The third kappa shape index (κ3) is 11.5. The molecule has 0 aromatic heterocycles. The van der Waals surface area contributed by atoms with Gasteiger partial charge in [-0.15, -0.1) is 0 Å². The van der Waals surface area contributed by atoms with E-state index in [0.29, 0.717) is 6.61 Å². The van der Waals surface area contributed by atoms with E-state index in [4.69, 9.17) is 6.72 Å². The van der Waals surface area contributed by atoms with Crippen LogP contribution in [0.2, 0.25) is 0 Å². The minimum atomic E-state index is 0.672. The zero-order valence-electron chi connectivity index (χ0n) is 8.80. The molecule has 2 nitrogen and oxygen atoms in total. The van der Waals surface area contributed by atoms with Crippen molar-refractivity contribution in [1.82, 2.24) is 0 Å². The molecular weight excluding hydrogens is 162 g/mol.